The number of aryl methyl sites for hydroxylation is 1. The van der Waals surface area contributed by atoms with Gasteiger partial charge in [0.15, 0.2) is 9.90 Å². The predicted molar refractivity (Wildman–Crippen MR) is 139 cm³/mol. The zero-order chi connectivity index (χ0) is 24.1. The summed E-state index contributed by atoms with van der Waals surface area (Å²) in [6.45, 7) is 2.54. The van der Waals surface area contributed by atoms with Crippen LogP contribution in [0.25, 0.3) is 22.2 Å². The van der Waals surface area contributed by atoms with Crippen LogP contribution in [0, 0.1) is 11.7 Å². The molecule has 9 heteroatoms. The van der Waals surface area contributed by atoms with Crippen molar-refractivity contribution in [1.29, 1.82) is 0 Å². The summed E-state index contributed by atoms with van der Waals surface area (Å²) in [4.78, 5) is 32.7. The van der Waals surface area contributed by atoms with E-state index < -0.39 is 0 Å². The maximum absolute atomic E-state index is 12.7. The largest absolute Gasteiger partial charge is 0.496 e. The van der Waals surface area contributed by atoms with Gasteiger partial charge in [-0.05, 0) is 56.2 Å². The van der Waals surface area contributed by atoms with Gasteiger partial charge in [-0.2, -0.15) is 0 Å². The van der Waals surface area contributed by atoms with E-state index in [-0.39, 0.29) is 11.5 Å². The molecule has 0 radical (unpaired) electrons. The monoisotopic (exact) mass is 494 g/mol. The quantitative estimate of drug-likeness (QED) is 0.230. The van der Waals surface area contributed by atoms with Crippen LogP contribution >= 0.6 is 23.6 Å². The van der Waals surface area contributed by atoms with Gasteiger partial charge in [0.25, 0.3) is 5.56 Å². The van der Waals surface area contributed by atoms with Crippen molar-refractivity contribution in [3.05, 3.63) is 68.5 Å². The predicted octanol–water partition coefficient (Wildman–Crippen LogP) is 5.70. The number of nitrogens with zero attached hydrogens (tertiary/aromatic N) is 2. The van der Waals surface area contributed by atoms with Gasteiger partial charge < -0.3 is 15.0 Å². The highest BCUT2D eigenvalue weighted by Crippen LogP contribution is 2.33. The SMILES string of the molecule is COc1ccc(C)cc1-c1csc(NC(=O)CCCCCn2c(=S)[nH]c3ccccc3c2=O)n1. The number of carbonyl (C=O) groups is 1. The normalized spacial score (nSPS) is 11.0. The summed E-state index contributed by atoms with van der Waals surface area (Å²) in [5, 5.41) is 5.99. The van der Waals surface area contributed by atoms with Gasteiger partial charge >= 0.3 is 0 Å². The van der Waals surface area contributed by atoms with Gasteiger partial charge in [-0.25, -0.2) is 4.98 Å². The third-order valence-electron chi connectivity index (χ3n) is 5.56. The molecular formula is C25H26N4O3S2. The van der Waals surface area contributed by atoms with Crippen LogP contribution in [0.1, 0.15) is 31.2 Å². The van der Waals surface area contributed by atoms with Crippen LogP contribution in [0.2, 0.25) is 0 Å². The molecule has 4 rings (SSSR count). The van der Waals surface area contributed by atoms with Crippen molar-refractivity contribution in [2.75, 3.05) is 12.4 Å². The number of thiazole rings is 1. The minimum absolute atomic E-state index is 0.0720. The van der Waals surface area contributed by atoms with Crippen molar-refractivity contribution < 1.29 is 9.53 Å². The van der Waals surface area contributed by atoms with Crippen molar-refractivity contribution in [3.63, 3.8) is 0 Å². The summed E-state index contributed by atoms with van der Waals surface area (Å²) < 4.78 is 7.45. The minimum Gasteiger partial charge on any atom is -0.496 e. The third kappa shape index (κ3) is 5.43. The van der Waals surface area contributed by atoms with Crippen LogP contribution in [0.15, 0.2) is 52.6 Å². The Bertz CT molecular complexity index is 1440. The van der Waals surface area contributed by atoms with Crippen LogP contribution in [0.3, 0.4) is 0 Å². The highest BCUT2D eigenvalue weighted by molar-refractivity contribution is 7.71. The van der Waals surface area contributed by atoms with Crippen LogP contribution < -0.4 is 15.6 Å². The number of amides is 1. The van der Waals surface area contributed by atoms with Gasteiger partial charge in [0.05, 0.1) is 23.7 Å². The van der Waals surface area contributed by atoms with Gasteiger partial charge in [-0.3, -0.25) is 14.2 Å². The maximum Gasteiger partial charge on any atom is 0.262 e. The lowest BCUT2D eigenvalue weighted by Crippen LogP contribution is -2.22. The van der Waals surface area contributed by atoms with Crippen molar-refractivity contribution in [1.82, 2.24) is 14.5 Å². The van der Waals surface area contributed by atoms with E-state index in [9.17, 15) is 9.59 Å². The average molecular weight is 495 g/mol. The van der Waals surface area contributed by atoms with E-state index in [0.29, 0.717) is 34.7 Å². The van der Waals surface area contributed by atoms with Crippen LogP contribution in [-0.2, 0) is 11.3 Å². The second-order valence-electron chi connectivity index (χ2n) is 8.03. The molecule has 0 aliphatic heterocycles. The molecule has 4 aromatic rings. The van der Waals surface area contributed by atoms with Crippen molar-refractivity contribution in [2.45, 2.75) is 39.2 Å². The highest BCUT2D eigenvalue weighted by Gasteiger charge is 2.12. The molecule has 0 fully saturated rings. The molecule has 34 heavy (non-hydrogen) atoms. The molecule has 2 heterocycles. The zero-order valence-corrected chi connectivity index (χ0v) is 20.7. The topological polar surface area (TPSA) is 89.0 Å². The Hall–Kier alpha value is -3.30. The molecule has 0 aliphatic carbocycles. The number of H-pyrrole nitrogens is 1. The lowest BCUT2D eigenvalue weighted by molar-refractivity contribution is -0.116. The van der Waals surface area contributed by atoms with E-state index in [2.05, 4.69) is 15.3 Å². The molecule has 0 unspecified atom stereocenters. The number of aromatic amines is 1. The molecule has 176 valence electrons. The van der Waals surface area contributed by atoms with Crippen LogP contribution in [0.4, 0.5) is 5.13 Å². The fourth-order valence-corrected chi connectivity index (χ4v) is 4.80. The van der Waals surface area contributed by atoms with Gasteiger partial charge in [0, 0.05) is 23.9 Å². The number of nitrogens with one attached hydrogen (secondary N) is 2. The van der Waals surface area contributed by atoms with Gasteiger partial charge in [0.1, 0.15) is 5.75 Å². The first kappa shape index (κ1) is 23.8. The minimum atomic E-state index is -0.0816. The molecule has 0 saturated carbocycles. The number of aromatic nitrogens is 3. The number of carbonyl (C=O) groups excluding carboxylic acids is 1. The number of unbranched alkanes of at least 4 members (excludes halogenated alkanes) is 2. The van der Waals surface area contributed by atoms with E-state index >= 15 is 0 Å². The van der Waals surface area contributed by atoms with Gasteiger partial charge in [0.2, 0.25) is 5.91 Å². The first-order valence-corrected chi connectivity index (χ1v) is 12.4. The molecule has 0 aliphatic rings. The second kappa shape index (κ2) is 10.8. The van der Waals surface area contributed by atoms with E-state index in [0.717, 1.165) is 40.9 Å². The summed E-state index contributed by atoms with van der Waals surface area (Å²) in [5.41, 5.74) is 3.46. The average Bonchev–Trinajstić information content (AvgIpc) is 3.29. The Morgan fingerprint density at radius 3 is 2.85 bits per heavy atom. The lowest BCUT2D eigenvalue weighted by atomic mass is 10.1. The van der Waals surface area contributed by atoms with Crippen molar-refractivity contribution in [3.8, 4) is 17.0 Å². The summed E-state index contributed by atoms with van der Waals surface area (Å²) in [5.74, 6) is 0.677. The molecular weight excluding hydrogens is 468 g/mol. The Morgan fingerprint density at radius 1 is 1.21 bits per heavy atom. The van der Waals surface area contributed by atoms with Gasteiger partial charge in [-0.15, -0.1) is 11.3 Å². The number of methoxy groups -OCH3 is 1. The summed E-state index contributed by atoms with van der Waals surface area (Å²) in [6, 6.07) is 13.3. The summed E-state index contributed by atoms with van der Waals surface area (Å²) in [7, 11) is 1.63. The summed E-state index contributed by atoms with van der Waals surface area (Å²) in [6.07, 6.45) is 2.68. The first-order chi connectivity index (χ1) is 16.5. The molecule has 0 spiro atoms. The molecule has 0 atom stereocenters. The number of rotatable bonds is 9. The smallest absolute Gasteiger partial charge is 0.262 e. The molecule has 0 saturated heterocycles. The Kier molecular flexibility index (Phi) is 7.54. The van der Waals surface area contributed by atoms with Crippen LogP contribution in [-0.4, -0.2) is 27.6 Å². The van der Waals surface area contributed by atoms with Crippen molar-refractivity contribution in [2.24, 2.45) is 0 Å². The molecule has 1 amide bonds. The van der Waals surface area contributed by atoms with Gasteiger partial charge in [-0.1, -0.05) is 30.2 Å². The molecule has 0 bridgehead atoms. The third-order valence-corrected chi connectivity index (χ3v) is 6.64. The number of anilines is 1. The number of fused-ring (bicyclic) bond motifs is 1. The Labute approximate surface area is 206 Å². The summed E-state index contributed by atoms with van der Waals surface area (Å²) >= 11 is 6.74. The fraction of sp³-hybridized carbons (Fsp3) is 0.280. The Balaban J connectivity index is 1.28. The second-order valence-corrected chi connectivity index (χ2v) is 9.28. The molecule has 2 N–H and O–H groups in total. The maximum atomic E-state index is 12.7. The van der Waals surface area contributed by atoms with Crippen molar-refractivity contribution >= 4 is 45.5 Å². The van der Waals surface area contributed by atoms with E-state index in [1.807, 2.05) is 48.7 Å². The first-order valence-electron chi connectivity index (χ1n) is 11.1. The molecule has 2 aromatic carbocycles. The zero-order valence-electron chi connectivity index (χ0n) is 19.1. The number of hydrogen-bond donors (Lipinski definition) is 2. The fourth-order valence-electron chi connectivity index (χ4n) is 3.79. The number of ether oxygens (including phenoxy) is 1. The standard InChI is InChI=1S/C25H26N4O3S2/c1-16-11-12-21(32-2)18(14-16)20-15-34-24(26-20)28-22(30)10-4-3-7-13-29-23(31)17-8-5-6-9-19(17)27-25(29)33/h5-6,8-9,11-12,14-15H,3-4,7,10,13H2,1-2H3,(H,27,33)(H,26,28,30). The number of benzene rings is 2. The number of hydrogen-bond acceptors (Lipinski definition) is 6. The highest BCUT2D eigenvalue weighted by atomic mass is 32.1. The number of para-hydroxylation sites is 1. The van der Waals surface area contributed by atoms with Crippen LogP contribution in [0.5, 0.6) is 5.75 Å². The molecule has 7 nitrogen and oxygen atoms in total. The van der Waals surface area contributed by atoms with E-state index in [1.54, 1.807) is 17.7 Å². The Morgan fingerprint density at radius 2 is 2.03 bits per heavy atom. The van der Waals surface area contributed by atoms with E-state index in [1.165, 1.54) is 11.3 Å². The van der Waals surface area contributed by atoms with E-state index in [4.69, 9.17) is 17.0 Å². The molecule has 2 aromatic heterocycles. The lowest BCUT2D eigenvalue weighted by Gasteiger charge is -2.08.